The zero-order valence-corrected chi connectivity index (χ0v) is 15.3. The minimum Gasteiger partial charge on any atom is -0.343 e. The number of para-hydroxylation sites is 1. The monoisotopic (exact) mass is 359 g/mol. The number of ketones is 1. The summed E-state index contributed by atoms with van der Waals surface area (Å²) in [5.74, 6) is -0.0998. The van der Waals surface area contributed by atoms with E-state index in [4.69, 9.17) is 0 Å². The standard InChI is InChI=1S/C22H21N3O2/c1-22(2)13-18(26)17-14-23-25(16-11-7-4-8-12-16)19(17)20(22)24-21(27)15-9-5-3-6-10-15/h3-12,14,20H,13H2,1-2H3,(H,24,27). The Morgan fingerprint density at radius 3 is 2.37 bits per heavy atom. The summed E-state index contributed by atoms with van der Waals surface area (Å²) in [5.41, 5.74) is 2.35. The van der Waals surface area contributed by atoms with Gasteiger partial charge >= 0.3 is 0 Å². The summed E-state index contributed by atoms with van der Waals surface area (Å²) >= 11 is 0. The van der Waals surface area contributed by atoms with Gasteiger partial charge in [0.15, 0.2) is 5.78 Å². The first-order chi connectivity index (χ1) is 13.0. The van der Waals surface area contributed by atoms with Gasteiger partial charge in [-0.1, -0.05) is 50.2 Å². The van der Waals surface area contributed by atoms with E-state index in [0.717, 1.165) is 11.4 Å². The van der Waals surface area contributed by atoms with E-state index in [-0.39, 0.29) is 17.7 Å². The molecule has 5 heteroatoms. The van der Waals surface area contributed by atoms with Gasteiger partial charge in [-0.3, -0.25) is 9.59 Å². The number of hydrogen-bond donors (Lipinski definition) is 1. The number of nitrogens with one attached hydrogen (secondary N) is 1. The molecule has 2 aromatic carbocycles. The van der Waals surface area contributed by atoms with Gasteiger partial charge in [0.25, 0.3) is 5.91 Å². The molecule has 136 valence electrons. The fourth-order valence-corrected chi connectivity index (χ4v) is 3.67. The molecule has 1 heterocycles. The lowest BCUT2D eigenvalue weighted by Gasteiger charge is -2.38. The van der Waals surface area contributed by atoms with Crippen molar-refractivity contribution in [2.45, 2.75) is 26.3 Å². The van der Waals surface area contributed by atoms with Crippen LogP contribution >= 0.6 is 0 Å². The Labute approximate surface area is 158 Å². The van der Waals surface area contributed by atoms with E-state index in [1.165, 1.54) is 0 Å². The summed E-state index contributed by atoms with van der Waals surface area (Å²) in [7, 11) is 0. The van der Waals surface area contributed by atoms with Crippen LogP contribution in [-0.2, 0) is 0 Å². The number of carbonyl (C=O) groups excluding carboxylic acids is 2. The number of rotatable bonds is 3. The van der Waals surface area contributed by atoms with Crippen molar-refractivity contribution in [3.05, 3.63) is 83.7 Å². The summed E-state index contributed by atoms with van der Waals surface area (Å²) in [6, 6.07) is 18.5. The summed E-state index contributed by atoms with van der Waals surface area (Å²) in [6.07, 6.45) is 1.97. The Bertz CT molecular complexity index is 991. The lowest BCUT2D eigenvalue weighted by molar-refractivity contribution is 0.0787. The van der Waals surface area contributed by atoms with Crippen LogP contribution in [0.5, 0.6) is 0 Å². The van der Waals surface area contributed by atoms with Gasteiger partial charge in [0.05, 0.1) is 29.2 Å². The topological polar surface area (TPSA) is 64.0 Å². The van der Waals surface area contributed by atoms with Gasteiger partial charge < -0.3 is 5.32 Å². The molecule has 0 saturated carbocycles. The maximum absolute atomic E-state index is 12.8. The lowest BCUT2D eigenvalue weighted by atomic mass is 9.72. The fourth-order valence-electron chi connectivity index (χ4n) is 3.67. The van der Waals surface area contributed by atoms with Crippen LogP contribution in [0.3, 0.4) is 0 Å². The van der Waals surface area contributed by atoms with Crippen molar-refractivity contribution in [3.63, 3.8) is 0 Å². The molecule has 27 heavy (non-hydrogen) atoms. The number of carbonyl (C=O) groups is 2. The SMILES string of the molecule is CC1(C)CC(=O)c2cnn(-c3ccccc3)c2C1NC(=O)c1ccccc1. The molecule has 5 nitrogen and oxygen atoms in total. The average molecular weight is 359 g/mol. The maximum atomic E-state index is 12.8. The van der Waals surface area contributed by atoms with Gasteiger partial charge in [0.1, 0.15) is 0 Å². The van der Waals surface area contributed by atoms with E-state index in [2.05, 4.69) is 10.4 Å². The van der Waals surface area contributed by atoms with E-state index in [0.29, 0.717) is 17.5 Å². The molecule has 1 aliphatic carbocycles. The van der Waals surface area contributed by atoms with Crippen LogP contribution in [0.1, 0.15) is 52.7 Å². The second-order valence-corrected chi connectivity index (χ2v) is 7.55. The van der Waals surface area contributed by atoms with Crippen molar-refractivity contribution in [1.29, 1.82) is 0 Å². The molecule has 0 saturated heterocycles. The highest BCUT2D eigenvalue weighted by molar-refractivity contribution is 6.00. The number of nitrogens with zero attached hydrogens (tertiary/aromatic N) is 2. The molecule has 0 bridgehead atoms. The number of fused-ring (bicyclic) bond motifs is 1. The molecule has 0 spiro atoms. The summed E-state index contributed by atoms with van der Waals surface area (Å²) in [4.78, 5) is 25.5. The molecule has 1 atom stereocenters. The smallest absolute Gasteiger partial charge is 0.251 e. The third-order valence-electron chi connectivity index (χ3n) is 5.09. The normalized spacial score (nSPS) is 18.0. The Balaban J connectivity index is 1.80. The molecular formula is C22H21N3O2. The summed E-state index contributed by atoms with van der Waals surface area (Å²) in [6.45, 7) is 4.01. The van der Waals surface area contributed by atoms with Gasteiger partial charge in [-0.15, -0.1) is 0 Å². The van der Waals surface area contributed by atoms with Crippen LogP contribution in [0.4, 0.5) is 0 Å². The molecule has 1 amide bonds. The number of benzene rings is 2. The van der Waals surface area contributed by atoms with Gasteiger partial charge in [0.2, 0.25) is 0 Å². The Kier molecular flexibility index (Phi) is 4.15. The van der Waals surface area contributed by atoms with Crippen molar-refractivity contribution < 1.29 is 9.59 Å². The largest absolute Gasteiger partial charge is 0.343 e. The van der Waals surface area contributed by atoms with Gasteiger partial charge in [0, 0.05) is 12.0 Å². The van der Waals surface area contributed by atoms with Crippen LogP contribution in [0.2, 0.25) is 0 Å². The van der Waals surface area contributed by atoms with Crippen molar-refractivity contribution in [2.24, 2.45) is 5.41 Å². The Morgan fingerprint density at radius 1 is 1.07 bits per heavy atom. The van der Waals surface area contributed by atoms with E-state index >= 15 is 0 Å². The molecule has 0 aliphatic heterocycles. The Morgan fingerprint density at radius 2 is 1.70 bits per heavy atom. The predicted octanol–water partition coefficient (Wildman–Crippen LogP) is 3.96. The van der Waals surface area contributed by atoms with Crippen LogP contribution in [0.25, 0.3) is 5.69 Å². The second kappa shape index (κ2) is 6.50. The molecule has 3 aromatic rings. The molecule has 4 rings (SSSR count). The third kappa shape index (κ3) is 3.05. The van der Waals surface area contributed by atoms with E-state index in [9.17, 15) is 9.59 Å². The molecule has 1 aromatic heterocycles. The minimum absolute atomic E-state index is 0.0578. The zero-order valence-electron chi connectivity index (χ0n) is 15.3. The first-order valence-electron chi connectivity index (χ1n) is 9.00. The first-order valence-corrected chi connectivity index (χ1v) is 9.00. The fraction of sp³-hybridized carbons (Fsp3) is 0.227. The highest BCUT2D eigenvalue weighted by atomic mass is 16.2. The van der Waals surface area contributed by atoms with Crippen LogP contribution in [-0.4, -0.2) is 21.5 Å². The molecular weight excluding hydrogens is 338 g/mol. The summed E-state index contributed by atoms with van der Waals surface area (Å²) < 4.78 is 1.77. The number of hydrogen-bond acceptors (Lipinski definition) is 3. The predicted molar refractivity (Wildman–Crippen MR) is 103 cm³/mol. The van der Waals surface area contributed by atoms with Crippen molar-refractivity contribution in [2.75, 3.05) is 0 Å². The number of amides is 1. The van der Waals surface area contributed by atoms with Crippen LogP contribution in [0, 0.1) is 5.41 Å². The number of aromatic nitrogens is 2. The minimum atomic E-state index is -0.429. The van der Waals surface area contributed by atoms with Gasteiger partial charge in [-0.2, -0.15) is 5.10 Å². The molecule has 1 unspecified atom stereocenters. The van der Waals surface area contributed by atoms with Crippen LogP contribution in [0.15, 0.2) is 66.9 Å². The third-order valence-corrected chi connectivity index (χ3v) is 5.09. The Hall–Kier alpha value is -3.21. The van der Waals surface area contributed by atoms with Gasteiger partial charge in [-0.05, 0) is 29.7 Å². The molecule has 0 radical (unpaired) electrons. The maximum Gasteiger partial charge on any atom is 0.251 e. The number of Topliss-reactive ketones (excluding diaryl/α,β-unsaturated/α-hetero) is 1. The van der Waals surface area contributed by atoms with Crippen molar-refractivity contribution >= 4 is 11.7 Å². The highest BCUT2D eigenvalue weighted by Gasteiger charge is 2.43. The van der Waals surface area contributed by atoms with E-state index in [1.807, 2.05) is 62.4 Å². The van der Waals surface area contributed by atoms with E-state index in [1.54, 1.807) is 23.0 Å². The van der Waals surface area contributed by atoms with Crippen molar-refractivity contribution in [1.82, 2.24) is 15.1 Å². The summed E-state index contributed by atoms with van der Waals surface area (Å²) in [5, 5.41) is 7.61. The highest BCUT2D eigenvalue weighted by Crippen LogP contribution is 2.44. The van der Waals surface area contributed by atoms with Crippen LogP contribution < -0.4 is 5.32 Å². The first kappa shape index (κ1) is 17.2. The average Bonchev–Trinajstić information content (AvgIpc) is 3.11. The lowest BCUT2D eigenvalue weighted by Crippen LogP contribution is -2.43. The molecule has 1 aliphatic rings. The molecule has 1 N–H and O–H groups in total. The van der Waals surface area contributed by atoms with Crippen molar-refractivity contribution in [3.8, 4) is 5.69 Å². The molecule has 0 fully saturated rings. The van der Waals surface area contributed by atoms with Gasteiger partial charge in [-0.25, -0.2) is 4.68 Å². The second-order valence-electron chi connectivity index (χ2n) is 7.55. The zero-order chi connectivity index (χ0) is 19.0. The quantitative estimate of drug-likeness (QED) is 0.770. The van der Waals surface area contributed by atoms with E-state index < -0.39 is 5.41 Å².